The summed E-state index contributed by atoms with van der Waals surface area (Å²) in [4.78, 5) is 29.8. The largest absolute Gasteiger partial charge is 0.466 e. The van der Waals surface area contributed by atoms with Crippen LogP contribution >= 0.6 is 0 Å². The highest BCUT2D eigenvalue weighted by Gasteiger charge is 2.12. The molecule has 0 unspecified atom stereocenters. The van der Waals surface area contributed by atoms with Gasteiger partial charge in [0, 0.05) is 25.4 Å². The van der Waals surface area contributed by atoms with Crippen molar-refractivity contribution in [2.45, 2.75) is 26.7 Å². The van der Waals surface area contributed by atoms with Crippen molar-refractivity contribution in [3.05, 3.63) is 42.4 Å². The van der Waals surface area contributed by atoms with Crippen molar-refractivity contribution in [3.63, 3.8) is 0 Å². The summed E-state index contributed by atoms with van der Waals surface area (Å²) in [6.45, 7) is 5.10. The predicted octanol–water partition coefficient (Wildman–Crippen LogP) is 2.54. The summed E-state index contributed by atoms with van der Waals surface area (Å²) < 4.78 is 6.82. The van der Waals surface area contributed by atoms with Gasteiger partial charge in [-0.15, -0.1) is 0 Å². The van der Waals surface area contributed by atoms with Crippen LogP contribution in [0.15, 0.2) is 36.7 Å². The Morgan fingerprint density at radius 1 is 1.29 bits per heavy atom. The highest BCUT2D eigenvalue weighted by Crippen LogP contribution is 2.08. The lowest BCUT2D eigenvalue weighted by Crippen LogP contribution is -2.32. The summed E-state index contributed by atoms with van der Waals surface area (Å²) in [7, 11) is 0. The maximum absolute atomic E-state index is 12.4. The van der Waals surface area contributed by atoms with Crippen LogP contribution in [0.4, 0.5) is 0 Å². The first-order valence-electron chi connectivity index (χ1n) is 8.20. The summed E-state index contributed by atoms with van der Waals surface area (Å²) in [6.07, 6.45) is 7.94. The number of hydrogen-bond acceptors (Lipinski definition) is 4. The van der Waals surface area contributed by atoms with E-state index in [0.29, 0.717) is 19.7 Å². The van der Waals surface area contributed by atoms with Gasteiger partial charge >= 0.3 is 5.97 Å². The van der Waals surface area contributed by atoms with Gasteiger partial charge in [-0.2, -0.15) is 0 Å². The molecule has 1 amide bonds. The Morgan fingerprint density at radius 3 is 2.88 bits per heavy atom. The van der Waals surface area contributed by atoms with Gasteiger partial charge in [-0.25, -0.2) is 4.98 Å². The number of hydrogen-bond donors (Lipinski definition) is 0. The first-order chi connectivity index (χ1) is 11.7. The molecule has 0 fully saturated rings. The third-order valence-electron chi connectivity index (χ3n) is 3.54. The van der Waals surface area contributed by atoms with Gasteiger partial charge in [0.25, 0.3) is 0 Å². The molecule has 0 atom stereocenters. The van der Waals surface area contributed by atoms with E-state index in [0.717, 1.165) is 17.8 Å². The highest BCUT2D eigenvalue weighted by molar-refractivity contribution is 5.91. The molecular formula is C18H23N3O3. The van der Waals surface area contributed by atoms with Crippen molar-refractivity contribution in [1.29, 1.82) is 0 Å². The molecule has 128 valence electrons. The van der Waals surface area contributed by atoms with E-state index < -0.39 is 0 Å². The van der Waals surface area contributed by atoms with Crippen LogP contribution in [0.3, 0.4) is 0 Å². The van der Waals surface area contributed by atoms with E-state index in [-0.39, 0.29) is 18.3 Å². The minimum atomic E-state index is -0.280. The van der Waals surface area contributed by atoms with Crippen LogP contribution in [0.1, 0.15) is 32.4 Å². The van der Waals surface area contributed by atoms with Crippen LogP contribution in [0.2, 0.25) is 0 Å². The summed E-state index contributed by atoms with van der Waals surface area (Å²) in [5.74, 6) is -0.399. The van der Waals surface area contributed by atoms with E-state index >= 15 is 0 Å². The quantitative estimate of drug-likeness (QED) is 0.551. The lowest BCUT2D eigenvalue weighted by molar-refractivity contribution is -0.143. The number of esters is 1. The first-order valence-corrected chi connectivity index (χ1v) is 8.20. The second-order valence-corrected chi connectivity index (χ2v) is 5.33. The second kappa shape index (κ2) is 8.86. The zero-order chi connectivity index (χ0) is 17.4. The topological polar surface area (TPSA) is 63.9 Å². The summed E-state index contributed by atoms with van der Waals surface area (Å²) in [5.41, 5.74) is 1.66. The smallest absolute Gasteiger partial charge is 0.307 e. The molecule has 2 aromatic heterocycles. The van der Waals surface area contributed by atoms with E-state index in [1.807, 2.05) is 35.7 Å². The molecule has 2 heterocycles. The highest BCUT2D eigenvalue weighted by atomic mass is 16.5. The number of ether oxygens (including phenoxy) is 1. The Kier molecular flexibility index (Phi) is 6.54. The Balaban J connectivity index is 2.02. The molecule has 0 aromatic carbocycles. The Morgan fingerprint density at radius 2 is 2.12 bits per heavy atom. The number of aromatic nitrogens is 2. The molecule has 0 aliphatic rings. The molecule has 0 aliphatic carbocycles. The minimum Gasteiger partial charge on any atom is -0.466 e. The molecule has 2 rings (SSSR count). The molecule has 0 radical (unpaired) electrons. The van der Waals surface area contributed by atoms with Crippen LogP contribution < -0.4 is 0 Å². The lowest BCUT2D eigenvalue weighted by atomic mass is 10.3. The fraction of sp³-hybridized carbons (Fsp3) is 0.389. The molecule has 24 heavy (non-hydrogen) atoms. The Labute approximate surface area is 141 Å². The Hall–Kier alpha value is -2.63. The number of pyridine rings is 1. The number of fused-ring (bicyclic) bond motifs is 1. The van der Waals surface area contributed by atoms with Crippen molar-refractivity contribution < 1.29 is 14.3 Å². The molecule has 0 bridgehead atoms. The van der Waals surface area contributed by atoms with Gasteiger partial charge < -0.3 is 14.0 Å². The van der Waals surface area contributed by atoms with Crippen LogP contribution in [-0.4, -0.2) is 45.9 Å². The lowest BCUT2D eigenvalue weighted by Gasteiger charge is -2.19. The number of imidazole rings is 1. The normalized spacial score (nSPS) is 11.1. The Bertz CT molecular complexity index is 721. The minimum absolute atomic E-state index is 0.118. The molecule has 6 nitrogen and oxygen atoms in total. The molecule has 0 N–H and O–H groups in total. The average Bonchev–Trinajstić information content (AvgIpc) is 3.00. The van der Waals surface area contributed by atoms with Gasteiger partial charge in [0.2, 0.25) is 5.91 Å². The van der Waals surface area contributed by atoms with Crippen molar-refractivity contribution >= 4 is 23.6 Å². The fourth-order valence-electron chi connectivity index (χ4n) is 2.40. The number of carbonyl (C=O) groups excluding carboxylic acids is 2. The van der Waals surface area contributed by atoms with E-state index in [9.17, 15) is 9.59 Å². The van der Waals surface area contributed by atoms with Gasteiger partial charge in [-0.1, -0.05) is 13.0 Å². The van der Waals surface area contributed by atoms with Crippen molar-refractivity contribution in [2.75, 3.05) is 19.7 Å². The van der Waals surface area contributed by atoms with Gasteiger partial charge in [0.05, 0.1) is 24.9 Å². The maximum Gasteiger partial charge on any atom is 0.307 e. The molecule has 2 aromatic rings. The average molecular weight is 329 g/mol. The number of amides is 1. The summed E-state index contributed by atoms with van der Waals surface area (Å²) in [5, 5.41) is 0. The standard InChI is InChI=1S/C18H23N3O3/c1-3-11-20(13-10-18(23)24-4-2)17(22)9-8-15-14-19-16-7-5-6-12-21(15)16/h5-9,12,14H,3-4,10-11,13H2,1-2H3/b9-8+. The van der Waals surface area contributed by atoms with Crippen molar-refractivity contribution in [1.82, 2.24) is 14.3 Å². The zero-order valence-electron chi connectivity index (χ0n) is 14.1. The number of rotatable bonds is 8. The summed E-state index contributed by atoms with van der Waals surface area (Å²) >= 11 is 0. The van der Waals surface area contributed by atoms with E-state index in [1.54, 1.807) is 24.1 Å². The third-order valence-corrected chi connectivity index (χ3v) is 3.54. The van der Waals surface area contributed by atoms with Gasteiger partial charge in [0.15, 0.2) is 0 Å². The molecular weight excluding hydrogens is 306 g/mol. The summed E-state index contributed by atoms with van der Waals surface area (Å²) in [6, 6.07) is 5.73. The molecule has 0 saturated heterocycles. The van der Waals surface area contributed by atoms with Crippen LogP contribution in [0, 0.1) is 0 Å². The monoisotopic (exact) mass is 329 g/mol. The van der Waals surface area contributed by atoms with E-state index in [2.05, 4.69) is 4.98 Å². The van der Waals surface area contributed by atoms with E-state index in [4.69, 9.17) is 4.74 Å². The van der Waals surface area contributed by atoms with Crippen LogP contribution in [0.25, 0.3) is 11.7 Å². The van der Waals surface area contributed by atoms with Crippen LogP contribution in [-0.2, 0) is 14.3 Å². The molecule has 0 saturated carbocycles. The third kappa shape index (κ3) is 4.68. The van der Waals surface area contributed by atoms with Crippen molar-refractivity contribution in [2.24, 2.45) is 0 Å². The van der Waals surface area contributed by atoms with Gasteiger partial charge in [-0.3, -0.25) is 9.59 Å². The number of carbonyl (C=O) groups is 2. The fourth-order valence-corrected chi connectivity index (χ4v) is 2.40. The second-order valence-electron chi connectivity index (χ2n) is 5.33. The first kappa shape index (κ1) is 17.7. The zero-order valence-corrected chi connectivity index (χ0v) is 14.1. The van der Waals surface area contributed by atoms with Crippen molar-refractivity contribution in [3.8, 4) is 0 Å². The number of nitrogens with zero attached hydrogens (tertiary/aromatic N) is 3. The SMILES string of the molecule is CCCN(CCC(=O)OCC)C(=O)/C=C/c1cnc2ccccn12. The predicted molar refractivity (Wildman–Crippen MR) is 92.3 cm³/mol. The van der Waals surface area contributed by atoms with E-state index in [1.165, 1.54) is 6.08 Å². The molecule has 0 aliphatic heterocycles. The molecule has 0 spiro atoms. The maximum atomic E-state index is 12.4. The molecule has 6 heteroatoms. The van der Waals surface area contributed by atoms with Gasteiger partial charge in [-0.05, 0) is 31.6 Å². The van der Waals surface area contributed by atoms with Gasteiger partial charge in [0.1, 0.15) is 5.65 Å². The van der Waals surface area contributed by atoms with Crippen LogP contribution in [0.5, 0.6) is 0 Å².